The van der Waals surface area contributed by atoms with E-state index >= 15 is 0 Å². The van der Waals surface area contributed by atoms with Crippen LogP contribution >= 0.6 is 27.5 Å². The lowest BCUT2D eigenvalue weighted by atomic mass is 10.3. The van der Waals surface area contributed by atoms with E-state index in [1.807, 2.05) is 0 Å². The standard InChI is InChI=1S/C7H5BrClO/c8-7(9)10-6-4-2-1-3-5-6/h2-5,7H. The fourth-order valence-corrected chi connectivity index (χ4v) is 0.872. The van der Waals surface area contributed by atoms with E-state index in [9.17, 15) is 0 Å². The molecule has 1 aromatic carbocycles. The summed E-state index contributed by atoms with van der Waals surface area (Å²) in [6, 6.07) is 9.98. The Morgan fingerprint density at radius 3 is 2.60 bits per heavy atom. The summed E-state index contributed by atoms with van der Waals surface area (Å²) in [6.07, 6.45) is 0. The lowest BCUT2D eigenvalue weighted by Gasteiger charge is -2.04. The van der Waals surface area contributed by atoms with Gasteiger partial charge in [0.2, 0.25) is 4.47 Å². The molecule has 0 saturated heterocycles. The Labute approximate surface area is 73.1 Å². The van der Waals surface area contributed by atoms with Gasteiger partial charge in [0.15, 0.2) is 0 Å². The van der Waals surface area contributed by atoms with Crippen LogP contribution in [0, 0.1) is 6.07 Å². The van der Waals surface area contributed by atoms with E-state index < -0.39 is 4.47 Å². The van der Waals surface area contributed by atoms with Gasteiger partial charge in [-0.05, 0) is 34.1 Å². The Morgan fingerprint density at radius 2 is 2.10 bits per heavy atom. The fourth-order valence-electron chi connectivity index (χ4n) is 0.553. The minimum atomic E-state index is -0.463. The predicted molar refractivity (Wildman–Crippen MR) is 44.5 cm³/mol. The fraction of sp³-hybridized carbons (Fsp3) is 0.143. The number of hydrogen-bond acceptors (Lipinski definition) is 1. The van der Waals surface area contributed by atoms with Crippen LogP contribution in [0.15, 0.2) is 24.3 Å². The topological polar surface area (TPSA) is 9.23 Å². The van der Waals surface area contributed by atoms with Gasteiger partial charge in [-0.2, -0.15) is 0 Å². The number of benzene rings is 1. The molecule has 0 fully saturated rings. The first-order valence-corrected chi connectivity index (χ1v) is 4.05. The molecule has 0 aliphatic heterocycles. The van der Waals surface area contributed by atoms with Gasteiger partial charge in [-0.1, -0.05) is 23.7 Å². The molecule has 0 aliphatic carbocycles. The first-order chi connectivity index (χ1) is 4.79. The highest BCUT2D eigenvalue weighted by atomic mass is 79.9. The minimum Gasteiger partial charge on any atom is -0.465 e. The van der Waals surface area contributed by atoms with Crippen molar-refractivity contribution in [1.82, 2.24) is 0 Å². The summed E-state index contributed by atoms with van der Waals surface area (Å²) >= 11 is 8.54. The van der Waals surface area contributed by atoms with Crippen LogP contribution in [-0.2, 0) is 0 Å². The number of alkyl halides is 2. The largest absolute Gasteiger partial charge is 0.465 e. The van der Waals surface area contributed by atoms with Gasteiger partial charge in [-0.3, -0.25) is 0 Å². The Balaban J connectivity index is 2.59. The van der Waals surface area contributed by atoms with E-state index in [1.54, 1.807) is 24.3 Å². The van der Waals surface area contributed by atoms with Gasteiger partial charge in [0.25, 0.3) is 0 Å². The Morgan fingerprint density at radius 1 is 1.50 bits per heavy atom. The van der Waals surface area contributed by atoms with Gasteiger partial charge < -0.3 is 4.74 Å². The van der Waals surface area contributed by atoms with E-state index in [0.29, 0.717) is 0 Å². The summed E-state index contributed by atoms with van der Waals surface area (Å²) in [5.74, 6) is 0.732. The molecule has 0 saturated carbocycles. The molecule has 0 aromatic heterocycles. The van der Waals surface area contributed by atoms with E-state index in [2.05, 4.69) is 22.0 Å². The number of halogens is 2. The molecule has 1 aromatic rings. The van der Waals surface area contributed by atoms with Gasteiger partial charge in [-0.25, -0.2) is 0 Å². The lowest BCUT2D eigenvalue weighted by Crippen LogP contribution is -1.97. The summed E-state index contributed by atoms with van der Waals surface area (Å²) in [4.78, 5) is 0. The maximum Gasteiger partial charge on any atom is 0.227 e. The molecule has 0 amide bonds. The zero-order valence-electron chi connectivity index (χ0n) is 5.05. The molecule has 1 unspecified atom stereocenters. The van der Waals surface area contributed by atoms with Crippen molar-refractivity contribution < 1.29 is 4.74 Å². The minimum absolute atomic E-state index is 0.463. The zero-order chi connectivity index (χ0) is 7.40. The average Bonchev–Trinajstić information content (AvgIpc) is 1.88. The smallest absolute Gasteiger partial charge is 0.227 e. The molecule has 1 atom stereocenters. The first kappa shape index (κ1) is 7.89. The molecule has 1 rings (SSSR count). The maximum absolute atomic E-state index is 5.50. The Hall–Kier alpha value is -0.210. The molecule has 1 nitrogen and oxygen atoms in total. The van der Waals surface area contributed by atoms with E-state index in [0.717, 1.165) is 5.75 Å². The van der Waals surface area contributed by atoms with Crippen molar-refractivity contribution in [2.75, 3.05) is 0 Å². The Bertz CT molecular complexity index is 188. The lowest BCUT2D eigenvalue weighted by molar-refractivity contribution is 0.365. The summed E-state index contributed by atoms with van der Waals surface area (Å²) in [6.45, 7) is 0. The van der Waals surface area contributed by atoms with Crippen molar-refractivity contribution in [3.8, 4) is 5.75 Å². The summed E-state index contributed by atoms with van der Waals surface area (Å²) in [7, 11) is 0. The molecular formula is C7H5BrClO. The third-order valence-electron chi connectivity index (χ3n) is 0.913. The van der Waals surface area contributed by atoms with E-state index in [1.165, 1.54) is 0 Å². The quantitative estimate of drug-likeness (QED) is 0.697. The molecule has 0 N–H and O–H groups in total. The summed E-state index contributed by atoms with van der Waals surface area (Å²) in [5, 5.41) is 0. The number of hydrogen-bond donors (Lipinski definition) is 0. The molecule has 0 bridgehead atoms. The van der Waals surface area contributed by atoms with Crippen LogP contribution in [0.1, 0.15) is 0 Å². The van der Waals surface area contributed by atoms with Gasteiger partial charge in [0, 0.05) is 0 Å². The SMILES string of the molecule is ClC(Br)Oc1cc[c]cc1. The van der Waals surface area contributed by atoms with Crippen molar-refractivity contribution in [2.24, 2.45) is 0 Å². The third kappa shape index (κ3) is 2.58. The van der Waals surface area contributed by atoms with Crippen molar-refractivity contribution in [3.05, 3.63) is 30.3 Å². The van der Waals surface area contributed by atoms with Crippen LogP contribution in [-0.4, -0.2) is 4.47 Å². The normalized spacial score (nSPS) is 12.6. The highest BCUT2D eigenvalue weighted by molar-refractivity contribution is 9.10. The first-order valence-electron chi connectivity index (χ1n) is 2.70. The van der Waals surface area contributed by atoms with E-state index in [4.69, 9.17) is 16.3 Å². The summed E-state index contributed by atoms with van der Waals surface area (Å²) < 4.78 is 4.61. The molecule has 0 heterocycles. The molecule has 53 valence electrons. The van der Waals surface area contributed by atoms with Crippen molar-refractivity contribution in [3.63, 3.8) is 0 Å². The molecular weight excluding hydrogens is 215 g/mol. The van der Waals surface area contributed by atoms with E-state index in [-0.39, 0.29) is 0 Å². The predicted octanol–water partition coefficient (Wildman–Crippen LogP) is 2.78. The zero-order valence-corrected chi connectivity index (χ0v) is 7.39. The third-order valence-corrected chi connectivity index (χ3v) is 1.19. The maximum atomic E-state index is 5.50. The van der Waals surface area contributed by atoms with Crippen LogP contribution in [0.5, 0.6) is 5.75 Å². The van der Waals surface area contributed by atoms with Crippen LogP contribution in [0.2, 0.25) is 0 Å². The molecule has 0 aliphatic rings. The number of rotatable bonds is 2. The van der Waals surface area contributed by atoms with Crippen LogP contribution < -0.4 is 4.74 Å². The average molecular weight is 220 g/mol. The van der Waals surface area contributed by atoms with Gasteiger partial charge in [0.05, 0.1) is 0 Å². The molecule has 1 radical (unpaired) electrons. The van der Waals surface area contributed by atoms with Crippen molar-refractivity contribution in [2.45, 2.75) is 4.47 Å². The summed E-state index contributed by atoms with van der Waals surface area (Å²) in [5.41, 5.74) is 0. The van der Waals surface area contributed by atoms with Crippen molar-refractivity contribution in [1.29, 1.82) is 0 Å². The number of ether oxygens (including phenoxy) is 1. The monoisotopic (exact) mass is 219 g/mol. The molecule has 0 spiro atoms. The van der Waals surface area contributed by atoms with Gasteiger partial charge in [0.1, 0.15) is 5.75 Å². The second-order valence-corrected chi connectivity index (χ2v) is 3.37. The second kappa shape index (κ2) is 3.84. The second-order valence-electron chi connectivity index (χ2n) is 1.61. The van der Waals surface area contributed by atoms with Crippen molar-refractivity contribution >= 4 is 27.5 Å². The highest BCUT2D eigenvalue weighted by Gasteiger charge is 1.97. The Kier molecular flexibility index (Phi) is 3.03. The highest BCUT2D eigenvalue weighted by Crippen LogP contribution is 2.15. The van der Waals surface area contributed by atoms with Crippen LogP contribution in [0.3, 0.4) is 0 Å². The molecule has 3 heteroatoms. The van der Waals surface area contributed by atoms with Crippen LogP contribution in [0.25, 0.3) is 0 Å². The molecule has 10 heavy (non-hydrogen) atoms. The van der Waals surface area contributed by atoms with Crippen LogP contribution in [0.4, 0.5) is 0 Å². The van der Waals surface area contributed by atoms with Gasteiger partial charge in [-0.15, -0.1) is 0 Å². The van der Waals surface area contributed by atoms with Gasteiger partial charge >= 0.3 is 0 Å².